The summed E-state index contributed by atoms with van der Waals surface area (Å²) in [7, 11) is 1.41. The number of ketones is 1. The number of methoxy groups -OCH3 is 1. The van der Waals surface area contributed by atoms with E-state index in [1.54, 1.807) is 6.07 Å². The van der Waals surface area contributed by atoms with Crippen LogP contribution in [0.1, 0.15) is 12.5 Å². The fourth-order valence-corrected chi connectivity index (χ4v) is 1.37. The van der Waals surface area contributed by atoms with Gasteiger partial charge in [-0.1, -0.05) is 6.07 Å². The molecule has 0 spiro atoms. The Morgan fingerprint density at radius 2 is 2.00 bits per heavy atom. The van der Waals surface area contributed by atoms with Gasteiger partial charge in [-0.25, -0.2) is 0 Å². The van der Waals surface area contributed by atoms with Crippen molar-refractivity contribution in [2.45, 2.75) is 20.0 Å². The van der Waals surface area contributed by atoms with Gasteiger partial charge in [0, 0.05) is 12.0 Å². The molecule has 0 aliphatic carbocycles. The number of halogens is 2. The molecule has 0 aliphatic heterocycles. The maximum atomic E-state index is 12.1. The van der Waals surface area contributed by atoms with Gasteiger partial charge in [0.15, 0.2) is 0 Å². The van der Waals surface area contributed by atoms with Gasteiger partial charge >= 0.3 is 6.61 Å². The normalized spacial score (nSPS) is 10.3. The van der Waals surface area contributed by atoms with Crippen LogP contribution in [0.3, 0.4) is 0 Å². The van der Waals surface area contributed by atoms with Crippen molar-refractivity contribution in [2.24, 2.45) is 0 Å². The lowest BCUT2D eigenvalue weighted by molar-refractivity contribution is -0.116. The molecule has 0 unspecified atom stereocenters. The zero-order valence-electron chi connectivity index (χ0n) is 9.00. The van der Waals surface area contributed by atoms with Crippen molar-refractivity contribution in [3.8, 4) is 11.5 Å². The van der Waals surface area contributed by atoms with Gasteiger partial charge in [-0.15, -0.1) is 0 Å². The van der Waals surface area contributed by atoms with E-state index in [4.69, 9.17) is 4.74 Å². The van der Waals surface area contributed by atoms with Crippen LogP contribution in [0.4, 0.5) is 8.78 Å². The van der Waals surface area contributed by atoms with E-state index in [0.717, 1.165) is 0 Å². The highest BCUT2D eigenvalue weighted by Crippen LogP contribution is 2.30. The first-order valence-electron chi connectivity index (χ1n) is 4.64. The minimum atomic E-state index is -2.92. The molecule has 0 radical (unpaired) electrons. The minimum absolute atomic E-state index is 0.00602. The van der Waals surface area contributed by atoms with E-state index in [1.165, 1.54) is 26.2 Å². The second kappa shape index (κ2) is 5.44. The molecule has 16 heavy (non-hydrogen) atoms. The Morgan fingerprint density at radius 1 is 1.38 bits per heavy atom. The molecule has 0 heterocycles. The topological polar surface area (TPSA) is 35.5 Å². The monoisotopic (exact) mass is 230 g/mol. The Bertz CT molecular complexity index is 377. The van der Waals surface area contributed by atoms with Crippen molar-refractivity contribution in [3.63, 3.8) is 0 Å². The first-order valence-corrected chi connectivity index (χ1v) is 4.64. The molecule has 0 fully saturated rings. The van der Waals surface area contributed by atoms with E-state index in [9.17, 15) is 13.6 Å². The molecule has 0 bridgehead atoms. The van der Waals surface area contributed by atoms with E-state index in [1.807, 2.05) is 0 Å². The van der Waals surface area contributed by atoms with Gasteiger partial charge in [-0.05, 0) is 19.1 Å². The number of hydrogen-bond donors (Lipinski definition) is 0. The van der Waals surface area contributed by atoms with Gasteiger partial charge in [-0.2, -0.15) is 8.78 Å². The van der Waals surface area contributed by atoms with Crippen LogP contribution in [-0.2, 0) is 11.2 Å². The van der Waals surface area contributed by atoms with Crippen LogP contribution < -0.4 is 9.47 Å². The average molecular weight is 230 g/mol. The number of Topliss-reactive ketones (excluding diaryl/α,β-unsaturated/α-hetero) is 1. The van der Waals surface area contributed by atoms with Crippen molar-refractivity contribution < 1.29 is 23.0 Å². The first-order chi connectivity index (χ1) is 7.54. The van der Waals surface area contributed by atoms with Crippen LogP contribution in [-0.4, -0.2) is 19.5 Å². The number of hydrogen-bond acceptors (Lipinski definition) is 3. The lowest BCUT2D eigenvalue weighted by Gasteiger charge is -2.13. The van der Waals surface area contributed by atoms with Gasteiger partial charge in [0.2, 0.25) is 0 Å². The second-order valence-corrected chi connectivity index (χ2v) is 3.19. The molecule has 1 aromatic rings. The molecular weight excluding hydrogens is 218 g/mol. The van der Waals surface area contributed by atoms with Crippen molar-refractivity contribution in [3.05, 3.63) is 23.8 Å². The third-order valence-corrected chi connectivity index (χ3v) is 1.95. The van der Waals surface area contributed by atoms with Crippen molar-refractivity contribution in [1.82, 2.24) is 0 Å². The molecule has 0 saturated heterocycles. The third-order valence-electron chi connectivity index (χ3n) is 1.95. The largest absolute Gasteiger partial charge is 0.496 e. The fourth-order valence-electron chi connectivity index (χ4n) is 1.37. The lowest BCUT2D eigenvalue weighted by Crippen LogP contribution is -2.07. The van der Waals surface area contributed by atoms with Crippen LogP contribution in [0, 0.1) is 0 Å². The van der Waals surface area contributed by atoms with Crippen LogP contribution in [0.2, 0.25) is 0 Å². The predicted molar refractivity (Wildman–Crippen MR) is 54.0 cm³/mol. The quantitative estimate of drug-likeness (QED) is 0.779. The molecule has 1 rings (SSSR count). The average Bonchev–Trinajstić information content (AvgIpc) is 2.19. The van der Waals surface area contributed by atoms with E-state index < -0.39 is 6.61 Å². The van der Waals surface area contributed by atoms with Crippen LogP contribution >= 0.6 is 0 Å². The van der Waals surface area contributed by atoms with E-state index in [0.29, 0.717) is 11.3 Å². The number of benzene rings is 1. The molecule has 88 valence electrons. The Kier molecular flexibility index (Phi) is 4.22. The zero-order valence-corrected chi connectivity index (χ0v) is 9.00. The van der Waals surface area contributed by atoms with Gasteiger partial charge in [0.25, 0.3) is 0 Å². The number of rotatable bonds is 5. The summed E-state index contributed by atoms with van der Waals surface area (Å²) >= 11 is 0. The van der Waals surface area contributed by atoms with Crippen molar-refractivity contribution in [2.75, 3.05) is 7.11 Å². The molecule has 3 nitrogen and oxygen atoms in total. The minimum Gasteiger partial charge on any atom is -0.496 e. The Hall–Kier alpha value is -1.65. The molecular formula is C11H12F2O3. The standard InChI is InChI=1S/C11H12F2O3/c1-7(14)6-8-9(15-2)4-3-5-10(8)16-11(12)13/h3-5,11H,6H2,1-2H3. The summed E-state index contributed by atoms with van der Waals surface area (Å²) < 4.78 is 33.6. The van der Waals surface area contributed by atoms with Crippen LogP contribution in [0.25, 0.3) is 0 Å². The number of carbonyl (C=O) groups excluding carboxylic acids is 1. The van der Waals surface area contributed by atoms with Gasteiger partial charge in [0.1, 0.15) is 17.3 Å². The molecule has 0 aliphatic rings. The highest BCUT2D eigenvalue weighted by atomic mass is 19.3. The number of alkyl halides is 2. The Labute approximate surface area is 92.0 Å². The number of ether oxygens (including phenoxy) is 2. The number of carbonyl (C=O) groups is 1. The maximum absolute atomic E-state index is 12.1. The smallest absolute Gasteiger partial charge is 0.387 e. The predicted octanol–water partition coefficient (Wildman–Crippen LogP) is 2.43. The van der Waals surface area contributed by atoms with Crippen molar-refractivity contribution in [1.29, 1.82) is 0 Å². The van der Waals surface area contributed by atoms with E-state index in [-0.39, 0.29) is 18.0 Å². The Morgan fingerprint density at radius 3 is 2.50 bits per heavy atom. The molecule has 0 aromatic heterocycles. The molecule has 0 amide bonds. The summed E-state index contributed by atoms with van der Waals surface area (Å²) in [5.74, 6) is 0.196. The molecule has 0 N–H and O–H groups in total. The van der Waals surface area contributed by atoms with E-state index in [2.05, 4.69) is 4.74 Å². The van der Waals surface area contributed by atoms with Gasteiger partial charge in [-0.3, -0.25) is 4.79 Å². The van der Waals surface area contributed by atoms with Gasteiger partial charge < -0.3 is 9.47 Å². The summed E-state index contributed by atoms with van der Waals surface area (Å²) in [6.07, 6.45) is 0.00602. The summed E-state index contributed by atoms with van der Waals surface area (Å²) in [4.78, 5) is 11.0. The Balaban J connectivity index is 3.09. The van der Waals surface area contributed by atoms with Crippen LogP contribution in [0.5, 0.6) is 11.5 Å². The highest BCUT2D eigenvalue weighted by molar-refractivity contribution is 5.80. The molecule has 5 heteroatoms. The molecule has 0 atom stereocenters. The third kappa shape index (κ3) is 3.18. The van der Waals surface area contributed by atoms with Crippen molar-refractivity contribution >= 4 is 5.78 Å². The van der Waals surface area contributed by atoms with Gasteiger partial charge in [0.05, 0.1) is 7.11 Å². The SMILES string of the molecule is COc1cccc(OC(F)F)c1CC(C)=O. The maximum Gasteiger partial charge on any atom is 0.387 e. The highest BCUT2D eigenvalue weighted by Gasteiger charge is 2.15. The zero-order chi connectivity index (χ0) is 12.1. The van der Waals surface area contributed by atoms with Crippen LogP contribution in [0.15, 0.2) is 18.2 Å². The summed E-state index contributed by atoms with van der Waals surface area (Å²) in [6, 6.07) is 4.50. The summed E-state index contributed by atoms with van der Waals surface area (Å²) in [6.45, 7) is -1.55. The summed E-state index contributed by atoms with van der Waals surface area (Å²) in [5, 5.41) is 0. The first kappa shape index (κ1) is 12.4. The fraction of sp³-hybridized carbons (Fsp3) is 0.364. The lowest BCUT2D eigenvalue weighted by atomic mass is 10.1. The van der Waals surface area contributed by atoms with E-state index >= 15 is 0 Å². The molecule has 1 aromatic carbocycles. The molecule has 0 saturated carbocycles. The second-order valence-electron chi connectivity index (χ2n) is 3.19. The summed E-state index contributed by atoms with van der Waals surface area (Å²) in [5.41, 5.74) is 0.345.